The van der Waals surface area contributed by atoms with Gasteiger partial charge in [0.15, 0.2) is 0 Å². The molecule has 0 bridgehead atoms. The number of rotatable bonds is 3. The van der Waals surface area contributed by atoms with Crippen LogP contribution in [0, 0.1) is 13.7 Å². The van der Waals surface area contributed by atoms with Gasteiger partial charge in [0, 0.05) is 6.07 Å². The topological polar surface area (TPSA) is 73.1 Å². The lowest BCUT2D eigenvalue weighted by Gasteiger charge is -2.02. The maximum atomic E-state index is 12.5. The minimum Gasteiger partial charge on any atom is -0.358 e. The molecule has 0 aliphatic carbocycles. The molecule has 0 atom stereocenters. The molecule has 5 nitrogen and oxygen atoms in total. The highest BCUT2D eigenvalue weighted by atomic mass is 127. The predicted molar refractivity (Wildman–Crippen MR) is 58.7 cm³/mol. The lowest BCUT2D eigenvalue weighted by molar-refractivity contribution is -0.389. The molecule has 0 N–H and O–H groups in total. The van der Waals surface area contributed by atoms with E-state index in [1.165, 1.54) is 22.6 Å². The van der Waals surface area contributed by atoms with Crippen LogP contribution < -0.4 is 0 Å². The molecule has 0 aliphatic rings. The lowest BCUT2D eigenvalue weighted by Crippen LogP contribution is -2.05. The predicted octanol–water partition coefficient (Wildman–Crippen LogP) is 2.91. The van der Waals surface area contributed by atoms with Gasteiger partial charge in [-0.2, -0.15) is 0 Å². The molecule has 0 fully saturated rings. The van der Waals surface area contributed by atoms with E-state index in [2.05, 4.69) is 4.98 Å². The molecule has 0 aliphatic heterocycles. The van der Waals surface area contributed by atoms with Gasteiger partial charge in [-0.15, -0.1) is 0 Å². The summed E-state index contributed by atoms with van der Waals surface area (Å²) in [6.45, 7) is 0. The summed E-state index contributed by atoms with van der Waals surface area (Å²) in [5.74, 6) is -0.834. The number of carbonyl (C=O) groups is 1. The number of nitrogens with zero attached hydrogens (tertiary/aromatic N) is 2. The first kappa shape index (κ1) is 13.2. The summed E-state index contributed by atoms with van der Waals surface area (Å²) in [4.78, 5) is 23.5. The van der Waals surface area contributed by atoms with Crippen molar-refractivity contribution in [3.63, 3.8) is 0 Å². The minimum absolute atomic E-state index is 0.182. The Morgan fingerprint density at radius 3 is 2.56 bits per heavy atom. The molecule has 0 spiro atoms. The Morgan fingerprint density at radius 2 is 2.19 bits per heavy atom. The fourth-order valence-electron chi connectivity index (χ4n) is 0.916. The van der Waals surface area contributed by atoms with Gasteiger partial charge in [0.2, 0.25) is 5.69 Å². The van der Waals surface area contributed by atoms with E-state index >= 15 is 0 Å². The Morgan fingerprint density at radius 1 is 1.62 bits per heavy atom. The van der Waals surface area contributed by atoms with Crippen molar-refractivity contribution < 1.29 is 18.5 Å². The normalized spacial score (nSPS) is 10.6. The molecule has 1 aromatic heterocycles. The van der Waals surface area contributed by atoms with Crippen LogP contribution in [0.2, 0.25) is 0 Å². The number of pyridine rings is 1. The van der Waals surface area contributed by atoms with Crippen molar-refractivity contribution in [2.45, 2.75) is 6.43 Å². The fraction of sp³-hybridized carbons (Fsp3) is 0.143. The van der Waals surface area contributed by atoms with Crippen LogP contribution in [0.1, 0.15) is 22.5 Å². The molecular weight excluding hydrogens is 360 g/mol. The molecule has 86 valence electrons. The van der Waals surface area contributed by atoms with E-state index in [4.69, 9.17) is 11.6 Å². The van der Waals surface area contributed by atoms with Crippen molar-refractivity contribution in [3.05, 3.63) is 31.0 Å². The summed E-state index contributed by atoms with van der Waals surface area (Å²) in [6.07, 6.45) is -3.01. The second-order valence-electron chi connectivity index (χ2n) is 2.56. The average molecular weight is 362 g/mol. The van der Waals surface area contributed by atoms with Gasteiger partial charge >= 0.3 is 12.2 Å². The van der Waals surface area contributed by atoms with Gasteiger partial charge in [-0.25, -0.2) is 8.78 Å². The van der Waals surface area contributed by atoms with Crippen LogP contribution in [0.25, 0.3) is 0 Å². The van der Waals surface area contributed by atoms with E-state index in [9.17, 15) is 23.7 Å². The smallest absolute Gasteiger partial charge is 0.358 e. The molecule has 0 saturated carbocycles. The first-order valence-corrected chi connectivity index (χ1v) is 5.13. The van der Waals surface area contributed by atoms with E-state index in [0.29, 0.717) is 0 Å². The Hall–Kier alpha value is -0.900. The standard InChI is InChI=1S/C7H2ClF2IN2O3/c8-6(14)2-1-3(13(15)16)12-5(4(2)11)7(9)10/h1,7H. The molecule has 0 saturated heterocycles. The SMILES string of the molecule is O=C(Cl)c1cc([N+](=O)[O-])nc(C(F)F)c1I. The Labute approximate surface area is 106 Å². The van der Waals surface area contributed by atoms with E-state index in [0.717, 1.165) is 6.07 Å². The maximum Gasteiger partial charge on any atom is 0.364 e. The number of aromatic nitrogens is 1. The molecule has 0 amide bonds. The van der Waals surface area contributed by atoms with E-state index < -0.39 is 28.1 Å². The summed E-state index contributed by atoms with van der Waals surface area (Å²) in [7, 11) is 0. The quantitative estimate of drug-likeness (QED) is 0.359. The van der Waals surface area contributed by atoms with Crippen LogP contribution in [0.5, 0.6) is 0 Å². The summed E-state index contributed by atoms with van der Waals surface area (Å²) < 4.78 is 24.8. The highest BCUT2D eigenvalue weighted by molar-refractivity contribution is 14.1. The highest BCUT2D eigenvalue weighted by Crippen LogP contribution is 2.28. The van der Waals surface area contributed by atoms with E-state index in [-0.39, 0.29) is 9.13 Å². The second-order valence-corrected chi connectivity index (χ2v) is 3.98. The zero-order chi connectivity index (χ0) is 12.5. The van der Waals surface area contributed by atoms with Crippen LogP contribution >= 0.6 is 34.2 Å². The summed E-state index contributed by atoms with van der Waals surface area (Å²) in [5, 5.41) is 9.36. The average Bonchev–Trinajstić information content (AvgIpc) is 2.16. The number of carbonyl (C=O) groups excluding carboxylic acids is 1. The van der Waals surface area contributed by atoms with Crippen LogP contribution in [-0.2, 0) is 0 Å². The number of hydrogen-bond acceptors (Lipinski definition) is 4. The van der Waals surface area contributed by atoms with Crippen LogP contribution in [0.3, 0.4) is 0 Å². The van der Waals surface area contributed by atoms with Gasteiger partial charge < -0.3 is 10.1 Å². The summed E-state index contributed by atoms with van der Waals surface area (Å²) in [5.41, 5.74) is -1.17. The van der Waals surface area contributed by atoms with E-state index in [1.807, 2.05) is 0 Å². The number of hydrogen-bond donors (Lipinski definition) is 0. The van der Waals surface area contributed by atoms with Crippen molar-refractivity contribution in [1.82, 2.24) is 4.98 Å². The van der Waals surface area contributed by atoms with Gasteiger partial charge in [0.05, 0.1) is 9.13 Å². The Kier molecular flexibility index (Phi) is 4.08. The third-order valence-electron chi connectivity index (χ3n) is 1.58. The van der Waals surface area contributed by atoms with Crippen molar-refractivity contribution in [1.29, 1.82) is 0 Å². The molecule has 1 heterocycles. The van der Waals surface area contributed by atoms with Crippen molar-refractivity contribution in [2.24, 2.45) is 0 Å². The number of alkyl halides is 2. The molecule has 0 radical (unpaired) electrons. The first-order chi connectivity index (χ1) is 7.34. The molecular formula is C7H2ClF2IN2O3. The van der Waals surface area contributed by atoms with Gasteiger partial charge in [0.25, 0.3) is 5.24 Å². The first-order valence-electron chi connectivity index (χ1n) is 3.67. The molecule has 1 aromatic rings. The van der Waals surface area contributed by atoms with Crippen molar-refractivity contribution in [3.8, 4) is 0 Å². The molecule has 1 rings (SSSR count). The van der Waals surface area contributed by atoms with Gasteiger partial charge in [-0.05, 0) is 44.1 Å². The van der Waals surface area contributed by atoms with Crippen molar-refractivity contribution in [2.75, 3.05) is 0 Å². The number of nitro groups is 1. The van der Waals surface area contributed by atoms with Gasteiger partial charge in [0.1, 0.15) is 0 Å². The molecule has 9 heteroatoms. The third-order valence-corrected chi connectivity index (χ3v) is 2.91. The third kappa shape index (κ3) is 2.61. The Bertz CT molecular complexity index is 469. The maximum absolute atomic E-state index is 12.5. The van der Waals surface area contributed by atoms with Gasteiger partial charge in [-0.3, -0.25) is 4.79 Å². The van der Waals surface area contributed by atoms with Crippen LogP contribution in [-0.4, -0.2) is 15.1 Å². The molecule has 16 heavy (non-hydrogen) atoms. The Balaban J connectivity index is 3.51. The van der Waals surface area contributed by atoms with E-state index in [1.54, 1.807) is 0 Å². The lowest BCUT2D eigenvalue weighted by atomic mass is 10.2. The van der Waals surface area contributed by atoms with Crippen LogP contribution in [0.15, 0.2) is 6.07 Å². The van der Waals surface area contributed by atoms with Gasteiger partial charge in [-0.1, -0.05) is 0 Å². The monoisotopic (exact) mass is 362 g/mol. The fourth-order valence-corrected chi connectivity index (χ4v) is 1.98. The molecule has 0 aromatic carbocycles. The minimum atomic E-state index is -3.01. The van der Waals surface area contributed by atoms with Crippen molar-refractivity contribution >= 4 is 45.3 Å². The second kappa shape index (κ2) is 4.95. The summed E-state index contributed by atoms with van der Waals surface area (Å²) >= 11 is 6.56. The zero-order valence-corrected chi connectivity index (χ0v) is 10.2. The largest absolute Gasteiger partial charge is 0.364 e. The van der Waals surface area contributed by atoms with Crippen LogP contribution in [0.4, 0.5) is 14.6 Å². The summed E-state index contributed by atoms with van der Waals surface area (Å²) in [6, 6.07) is 0.767. The zero-order valence-electron chi connectivity index (χ0n) is 7.29. The highest BCUT2D eigenvalue weighted by Gasteiger charge is 2.27. The molecule has 0 unspecified atom stereocenters. The number of halogens is 4.